The molecule has 1 fully saturated rings. The molecule has 6 nitrogen and oxygen atoms in total. The lowest BCUT2D eigenvalue weighted by Crippen LogP contribution is -2.39. The maximum Gasteiger partial charge on any atom is 0.238 e. The quantitative estimate of drug-likeness (QED) is 0.219. The van der Waals surface area contributed by atoms with Crippen molar-refractivity contribution in [3.05, 3.63) is 112 Å². The monoisotopic (exact) mass is 605 g/mol. The second-order valence-corrected chi connectivity index (χ2v) is 11.8. The number of phenols is 1. The normalized spacial score (nSPS) is 25.5. The number of hydrogen-bond acceptors (Lipinski definition) is 5. The van der Waals surface area contributed by atoms with Crippen molar-refractivity contribution in [1.29, 1.82) is 0 Å². The van der Waals surface area contributed by atoms with Crippen molar-refractivity contribution in [2.24, 2.45) is 17.8 Å². The fourth-order valence-electron chi connectivity index (χ4n) is 7.08. The molecule has 2 amide bonds. The Morgan fingerprint density at radius 2 is 1.68 bits per heavy atom. The number of phenolic OH excluding ortho intramolecular Hbond substituents is 1. The van der Waals surface area contributed by atoms with Crippen LogP contribution in [0.3, 0.4) is 0 Å². The van der Waals surface area contributed by atoms with Crippen LogP contribution in [0, 0.1) is 17.8 Å². The smallest absolute Gasteiger partial charge is 0.238 e. The number of fused-ring (bicyclic) bond motifs is 4. The number of halogens is 1. The van der Waals surface area contributed by atoms with E-state index in [4.69, 9.17) is 0 Å². The Kier molecular flexibility index (Phi) is 5.84. The SMILES string of the molecule is C=Cc1ccc(N2C(=O)[C@H]3[C@H](CC=C4[C@H](c5ccc6ccccc6c5O)C5=C(C[C@H]43)C(=O)C(Br)=CC5=O)C2=O)cc1. The zero-order chi connectivity index (χ0) is 28.6. The molecule has 0 aromatic heterocycles. The Morgan fingerprint density at radius 1 is 0.927 bits per heavy atom. The average Bonchev–Trinajstić information content (AvgIpc) is 3.25. The molecule has 3 aliphatic carbocycles. The minimum absolute atomic E-state index is 0.0373. The summed E-state index contributed by atoms with van der Waals surface area (Å²) in [5.74, 6) is -3.60. The van der Waals surface area contributed by atoms with Crippen LogP contribution in [0.15, 0.2) is 101 Å². The topological polar surface area (TPSA) is 91.8 Å². The van der Waals surface area contributed by atoms with Crippen LogP contribution in [0.5, 0.6) is 5.75 Å². The van der Waals surface area contributed by atoms with Gasteiger partial charge >= 0.3 is 0 Å². The average molecular weight is 606 g/mol. The molecule has 0 radical (unpaired) electrons. The number of allylic oxidation sites excluding steroid dienone is 6. The molecular weight excluding hydrogens is 582 g/mol. The highest BCUT2D eigenvalue weighted by Crippen LogP contribution is 2.57. The standard InChI is InChI=1S/C34H24BrNO5/c1-2-17-7-10-19(11-8-17)36-33(40)23-14-13-21-24(29(23)34(36)41)15-25-30(27(37)16-26(35)32(25)39)28(21)22-12-9-18-5-3-4-6-20(18)31(22)38/h2-13,16,23-24,28-29,38H,1,14-15H2/t23-,24+,28+,29-/m0/s1. The van der Waals surface area contributed by atoms with Crippen molar-refractivity contribution in [2.75, 3.05) is 4.90 Å². The fraction of sp³-hybridized carbons (Fsp3) is 0.176. The molecule has 0 saturated carbocycles. The van der Waals surface area contributed by atoms with E-state index in [2.05, 4.69) is 22.5 Å². The summed E-state index contributed by atoms with van der Waals surface area (Å²) < 4.78 is 0.167. The van der Waals surface area contributed by atoms with Gasteiger partial charge in [-0.15, -0.1) is 0 Å². The minimum Gasteiger partial charge on any atom is -0.507 e. The maximum absolute atomic E-state index is 14.0. The Hall–Kier alpha value is -4.36. The Labute approximate surface area is 244 Å². The van der Waals surface area contributed by atoms with Crippen molar-refractivity contribution < 1.29 is 24.3 Å². The molecule has 1 saturated heterocycles. The first kappa shape index (κ1) is 25.6. The zero-order valence-electron chi connectivity index (χ0n) is 21.8. The highest BCUT2D eigenvalue weighted by atomic mass is 79.9. The fourth-order valence-corrected chi connectivity index (χ4v) is 7.53. The number of anilines is 1. The van der Waals surface area contributed by atoms with Crippen molar-refractivity contribution in [1.82, 2.24) is 0 Å². The number of carbonyl (C=O) groups excluding carboxylic acids is 4. The summed E-state index contributed by atoms with van der Waals surface area (Å²) in [5.41, 5.74) is 3.34. The van der Waals surface area contributed by atoms with E-state index >= 15 is 0 Å². The van der Waals surface area contributed by atoms with E-state index in [-0.39, 0.29) is 40.0 Å². The Morgan fingerprint density at radius 3 is 2.44 bits per heavy atom. The number of hydrogen-bond donors (Lipinski definition) is 1. The van der Waals surface area contributed by atoms with Gasteiger partial charge in [0, 0.05) is 34.1 Å². The van der Waals surface area contributed by atoms with Crippen LogP contribution >= 0.6 is 15.9 Å². The lowest BCUT2D eigenvalue weighted by atomic mass is 9.59. The molecule has 1 heterocycles. The van der Waals surface area contributed by atoms with Gasteiger partial charge in [0.05, 0.1) is 22.0 Å². The second kappa shape index (κ2) is 9.35. The number of rotatable bonds is 3. The number of aromatic hydroxyl groups is 1. The summed E-state index contributed by atoms with van der Waals surface area (Å²) >= 11 is 3.25. The van der Waals surface area contributed by atoms with Crippen LogP contribution < -0.4 is 4.90 Å². The van der Waals surface area contributed by atoms with Gasteiger partial charge < -0.3 is 5.11 Å². The van der Waals surface area contributed by atoms with Gasteiger partial charge in [0.2, 0.25) is 11.8 Å². The van der Waals surface area contributed by atoms with Gasteiger partial charge in [-0.25, -0.2) is 0 Å². The molecule has 7 rings (SSSR count). The predicted octanol–water partition coefficient (Wildman–Crippen LogP) is 6.16. The number of benzene rings is 3. The van der Waals surface area contributed by atoms with Crippen molar-refractivity contribution in [3.63, 3.8) is 0 Å². The van der Waals surface area contributed by atoms with Gasteiger partial charge in [-0.2, -0.15) is 0 Å². The number of Topliss-reactive ketones (excluding diaryl/α,β-unsaturated/α-hetero) is 1. The molecule has 41 heavy (non-hydrogen) atoms. The molecule has 202 valence electrons. The van der Waals surface area contributed by atoms with Gasteiger partial charge in [0.25, 0.3) is 0 Å². The second-order valence-electron chi connectivity index (χ2n) is 10.9. The number of imide groups is 1. The van der Waals surface area contributed by atoms with Crippen LogP contribution in [0.25, 0.3) is 16.8 Å². The summed E-state index contributed by atoms with van der Waals surface area (Å²) in [4.78, 5) is 55.9. The van der Waals surface area contributed by atoms with E-state index in [1.165, 1.54) is 11.0 Å². The molecule has 4 aliphatic rings. The van der Waals surface area contributed by atoms with Gasteiger partial charge in [0.1, 0.15) is 5.75 Å². The molecule has 3 aromatic carbocycles. The van der Waals surface area contributed by atoms with Gasteiger partial charge in [0.15, 0.2) is 11.6 Å². The molecule has 3 aromatic rings. The number of ketones is 2. The predicted molar refractivity (Wildman–Crippen MR) is 159 cm³/mol. The first-order valence-electron chi connectivity index (χ1n) is 13.5. The summed E-state index contributed by atoms with van der Waals surface area (Å²) in [7, 11) is 0. The largest absolute Gasteiger partial charge is 0.507 e. The zero-order valence-corrected chi connectivity index (χ0v) is 23.4. The molecule has 7 heteroatoms. The van der Waals surface area contributed by atoms with E-state index in [1.54, 1.807) is 36.4 Å². The van der Waals surface area contributed by atoms with Crippen LogP contribution in [0.4, 0.5) is 5.69 Å². The van der Waals surface area contributed by atoms with Gasteiger partial charge in [-0.05, 0) is 57.8 Å². The number of nitrogens with zero attached hydrogens (tertiary/aromatic N) is 1. The van der Waals surface area contributed by atoms with Crippen molar-refractivity contribution >= 4 is 61.8 Å². The molecule has 0 bridgehead atoms. The van der Waals surface area contributed by atoms with E-state index in [0.29, 0.717) is 34.2 Å². The molecule has 1 aliphatic heterocycles. The van der Waals surface area contributed by atoms with Crippen molar-refractivity contribution in [3.8, 4) is 5.75 Å². The Balaban J connectivity index is 1.38. The summed E-state index contributed by atoms with van der Waals surface area (Å²) in [5, 5.41) is 13.0. The summed E-state index contributed by atoms with van der Waals surface area (Å²) in [6, 6.07) is 18.2. The van der Waals surface area contributed by atoms with Gasteiger partial charge in [-0.3, -0.25) is 24.1 Å². The van der Waals surface area contributed by atoms with Gasteiger partial charge in [-0.1, -0.05) is 72.8 Å². The van der Waals surface area contributed by atoms with E-state index in [9.17, 15) is 24.3 Å². The molecule has 4 atom stereocenters. The maximum atomic E-state index is 14.0. The molecule has 0 unspecified atom stereocenters. The Bertz CT molecular complexity index is 1830. The summed E-state index contributed by atoms with van der Waals surface area (Å²) in [6.07, 6.45) is 5.44. The summed E-state index contributed by atoms with van der Waals surface area (Å²) in [6.45, 7) is 3.76. The molecule has 0 spiro atoms. The van der Waals surface area contributed by atoms with E-state index in [0.717, 1.165) is 16.5 Å². The number of carbonyl (C=O) groups is 4. The lowest BCUT2D eigenvalue weighted by molar-refractivity contribution is -0.123. The highest BCUT2D eigenvalue weighted by molar-refractivity contribution is 9.12. The molecular formula is C34H24BrNO5. The van der Waals surface area contributed by atoms with Crippen LogP contribution in [0.2, 0.25) is 0 Å². The third-order valence-corrected chi connectivity index (χ3v) is 9.55. The van der Waals surface area contributed by atoms with Crippen LogP contribution in [-0.2, 0) is 19.2 Å². The highest BCUT2D eigenvalue weighted by Gasteiger charge is 2.56. The van der Waals surface area contributed by atoms with E-state index < -0.39 is 23.7 Å². The first-order chi connectivity index (χ1) is 19.8. The van der Waals surface area contributed by atoms with Crippen LogP contribution in [-0.4, -0.2) is 28.5 Å². The van der Waals surface area contributed by atoms with Crippen molar-refractivity contribution in [2.45, 2.75) is 18.8 Å². The third kappa shape index (κ3) is 3.68. The minimum atomic E-state index is -0.716. The number of amides is 2. The molecule has 1 N–H and O–H groups in total. The van der Waals surface area contributed by atoms with E-state index in [1.807, 2.05) is 36.4 Å². The van der Waals surface area contributed by atoms with Crippen LogP contribution in [0.1, 0.15) is 29.9 Å². The lowest BCUT2D eigenvalue weighted by Gasteiger charge is -2.42. The first-order valence-corrected chi connectivity index (χ1v) is 14.3. The third-order valence-electron chi connectivity index (χ3n) is 8.96.